The molecular formula is C13H7Cl3FN3. The Kier molecular flexibility index (Phi) is 3.24. The van der Waals surface area contributed by atoms with Crippen LogP contribution >= 0.6 is 34.8 Å². The van der Waals surface area contributed by atoms with Gasteiger partial charge in [0.15, 0.2) is 0 Å². The van der Waals surface area contributed by atoms with Crippen LogP contribution in [-0.4, -0.2) is 9.55 Å². The van der Waals surface area contributed by atoms with Crippen LogP contribution in [0.3, 0.4) is 0 Å². The van der Waals surface area contributed by atoms with E-state index in [9.17, 15) is 4.39 Å². The summed E-state index contributed by atoms with van der Waals surface area (Å²) in [6.07, 6.45) is 0. The Bertz CT molecular complexity index is 829. The number of nitrogens with zero attached hydrogens (tertiary/aromatic N) is 2. The second-order valence-electron chi connectivity index (χ2n) is 4.16. The van der Waals surface area contributed by atoms with Crippen molar-refractivity contribution in [3.8, 4) is 5.69 Å². The van der Waals surface area contributed by atoms with Crippen LogP contribution in [0, 0.1) is 5.82 Å². The molecule has 3 rings (SSSR count). The zero-order valence-electron chi connectivity index (χ0n) is 9.87. The first kappa shape index (κ1) is 13.5. The van der Waals surface area contributed by atoms with E-state index in [1.165, 1.54) is 12.1 Å². The number of fused-ring (bicyclic) bond motifs is 1. The highest BCUT2D eigenvalue weighted by molar-refractivity contribution is 6.36. The Hall–Kier alpha value is -1.49. The summed E-state index contributed by atoms with van der Waals surface area (Å²) >= 11 is 17.8. The monoisotopic (exact) mass is 329 g/mol. The van der Waals surface area contributed by atoms with E-state index in [1.807, 2.05) is 0 Å². The SMILES string of the molecule is Nc1nc2cc(Cl)c(F)cc2n1-c1ccc(Cl)cc1Cl. The molecule has 0 spiro atoms. The standard InChI is InChI=1S/C13H7Cl3FN3/c14-6-1-2-11(8(16)3-6)20-12-5-9(17)7(15)4-10(12)19-13(20)18/h1-5H,(H2,18,19). The van der Waals surface area contributed by atoms with Crippen molar-refractivity contribution in [2.75, 3.05) is 5.73 Å². The van der Waals surface area contributed by atoms with E-state index >= 15 is 0 Å². The minimum atomic E-state index is -0.551. The van der Waals surface area contributed by atoms with Gasteiger partial charge in [0.2, 0.25) is 5.95 Å². The van der Waals surface area contributed by atoms with Crippen molar-refractivity contribution in [1.29, 1.82) is 0 Å². The van der Waals surface area contributed by atoms with Crippen LogP contribution in [0.2, 0.25) is 15.1 Å². The molecule has 1 aromatic heterocycles. The summed E-state index contributed by atoms with van der Waals surface area (Å²) in [4.78, 5) is 4.15. The van der Waals surface area contributed by atoms with Crippen LogP contribution < -0.4 is 5.73 Å². The largest absolute Gasteiger partial charge is 0.369 e. The van der Waals surface area contributed by atoms with E-state index in [4.69, 9.17) is 40.5 Å². The number of nitrogen functional groups attached to an aromatic ring is 1. The number of benzene rings is 2. The fourth-order valence-electron chi connectivity index (χ4n) is 2.01. The summed E-state index contributed by atoms with van der Waals surface area (Å²) in [5.74, 6) is -0.365. The predicted molar refractivity (Wildman–Crippen MR) is 80.5 cm³/mol. The quantitative estimate of drug-likeness (QED) is 0.702. The molecule has 102 valence electrons. The molecule has 20 heavy (non-hydrogen) atoms. The van der Waals surface area contributed by atoms with Gasteiger partial charge in [-0.1, -0.05) is 34.8 Å². The van der Waals surface area contributed by atoms with E-state index < -0.39 is 5.82 Å². The first-order valence-electron chi connectivity index (χ1n) is 5.56. The lowest BCUT2D eigenvalue weighted by Gasteiger charge is -2.09. The van der Waals surface area contributed by atoms with E-state index in [-0.39, 0.29) is 11.0 Å². The molecule has 0 bridgehead atoms. The van der Waals surface area contributed by atoms with Gasteiger partial charge in [-0.25, -0.2) is 9.37 Å². The molecule has 0 atom stereocenters. The summed E-state index contributed by atoms with van der Waals surface area (Å²) in [6, 6.07) is 7.62. The molecule has 0 fully saturated rings. The molecule has 0 amide bonds. The number of anilines is 1. The zero-order valence-corrected chi connectivity index (χ0v) is 12.1. The average molecular weight is 331 g/mol. The fourth-order valence-corrected chi connectivity index (χ4v) is 2.66. The summed E-state index contributed by atoms with van der Waals surface area (Å²) in [5.41, 5.74) is 7.42. The van der Waals surface area contributed by atoms with Gasteiger partial charge in [0.1, 0.15) is 5.82 Å². The number of halogens is 4. The van der Waals surface area contributed by atoms with Crippen molar-refractivity contribution >= 4 is 51.8 Å². The maximum atomic E-state index is 13.7. The van der Waals surface area contributed by atoms with Gasteiger partial charge in [0.05, 0.1) is 26.8 Å². The average Bonchev–Trinajstić information content (AvgIpc) is 2.66. The smallest absolute Gasteiger partial charge is 0.205 e. The lowest BCUT2D eigenvalue weighted by molar-refractivity contribution is 0.629. The highest BCUT2D eigenvalue weighted by Gasteiger charge is 2.15. The molecular weight excluding hydrogens is 324 g/mol. The Morgan fingerprint density at radius 1 is 1.05 bits per heavy atom. The normalized spacial score (nSPS) is 11.2. The molecule has 0 saturated carbocycles. The topological polar surface area (TPSA) is 43.8 Å². The van der Waals surface area contributed by atoms with Gasteiger partial charge in [-0.05, 0) is 24.3 Å². The number of hydrogen-bond donors (Lipinski definition) is 1. The van der Waals surface area contributed by atoms with E-state index in [0.717, 1.165) is 0 Å². The number of aromatic nitrogens is 2. The number of nitrogens with two attached hydrogens (primary N) is 1. The first-order chi connectivity index (χ1) is 9.47. The Labute approximate surface area is 128 Å². The summed E-state index contributed by atoms with van der Waals surface area (Å²) in [5, 5.41) is 0.874. The zero-order chi connectivity index (χ0) is 14.4. The maximum absolute atomic E-state index is 13.7. The van der Waals surface area contributed by atoms with E-state index in [1.54, 1.807) is 22.8 Å². The number of imidazole rings is 1. The summed E-state index contributed by atoms with van der Waals surface area (Å²) in [6.45, 7) is 0. The van der Waals surface area contributed by atoms with Crippen LogP contribution in [0.4, 0.5) is 10.3 Å². The lowest BCUT2D eigenvalue weighted by atomic mass is 10.2. The van der Waals surface area contributed by atoms with Crippen molar-refractivity contribution < 1.29 is 4.39 Å². The third-order valence-electron chi connectivity index (χ3n) is 2.87. The molecule has 0 saturated heterocycles. The van der Waals surface area contributed by atoms with Crippen molar-refractivity contribution in [2.45, 2.75) is 0 Å². The van der Waals surface area contributed by atoms with Crippen molar-refractivity contribution in [2.24, 2.45) is 0 Å². The van der Waals surface area contributed by atoms with Crippen LogP contribution in [0.25, 0.3) is 16.7 Å². The van der Waals surface area contributed by atoms with E-state index in [0.29, 0.717) is 26.8 Å². The van der Waals surface area contributed by atoms with Crippen LogP contribution in [-0.2, 0) is 0 Å². The maximum Gasteiger partial charge on any atom is 0.205 e. The Morgan fingerprint density at radius 2 is 1.80 bits per heavy atom. The van der Waals surface area contributed by atoms with Crippen molar-refractivity contribution in [3.05, 3.63) is 51.2 Å². The van der Waals surface area contributed by atoms with Gasteiger partial charge in [0.25, 0.3) is 0 Å². The third kappa shape index (κ3) is 2.10. The second-order valence-corrected chi connectivity index (χ2v) is 5.41. The van der Waals surface area contributed by atoms with Crippen LogP contribution in [0.15, 0.2) is 30.3 Å². The minimum absolute atomic E-state index is 0.00986. The Morgan fingerprint density at radius 3 is 2.50 bits per heavy atom. The molecule has 2 aromatic carbocycles. The van der Waals surface area contributed by atoms with Gasteiger partial charge < -0.3 is 5.73 Å². The van der Waals surface area contributed by atoms with Gasteiger partial charge in [-0.15, -0.1) is 0 Å². The molecule has 1 heterocycles. The fraction of sp³-hybridized carbons (Fsp3) is 0. The molecule has 3 nitrogen and oxygen atoms in total. The number of hydrogen-bond acceptors (Lipinski definition) is 2. The van der Waals surface area contributed by atoms with Gasteiger partial charge >= 0.3 is 0 Å². The molecule has 0 aliphatic carbocycles. The first-order valence-corrected chi connectivity index (χ1v) is 6.69. The highest BCUT2D eigenvalue weighted by atomic mass is 35.5. The molecule has 0 aliphatic rings. The second kappa shape index (κ2) is 4.81. The summed E-state index contributed by atoms with van der Waals surface area (Å²) in [7, 11) is 0. The number of rotatable bonds is 1. The van der Waals surface area contributed by atoms with Crippen molar-refractivity contribution in [3.63, 3.8) is 0 Å². The molecule has 2 N–H and O–H groups in total. The van der Waals surface area contributed by atoms with E-state index in [2.05, 4.69) is 4.98 Å². The highest BCUT2D eigenvalue weighted by Crippen LogP contribution is 2.31. The molecule has 3 aromatic rings. The lowest BCUT2D eigenvalue weighted by Crippen LogP contribution is -2.01. The molecule has 0 aliphatic heterocycles. The Balaban J connectivity index is 2.35. The molecule has 7 heteroatoms. The van der Waals surface area contributed by atoms with Crippen molar-refractivity contribution in [1.82, 2.24) is 9.55 Å². The van der Waals surface area contributed by atoms with Gasteiger partial charge in [-0.3, -0.25) is 4.57 Å². The third-order valence-corrected chi connectivity index (χ3v) is 3.70. The van der Waals surface area contributed by atoms with Gasteiger partial charge in [0, 0.05) is 11.1 Å². The minimum Gasteiger partial charge on any atom is -0.369 e. The molecule has 0 unspecified atom stereocenters. The summed E-state index contributed by atoms with van der Waals surface area (Å²) < 4.78 is 15.2. The van der Waals surface area contributed by atoms with Crippen LogP contribution in [0.5, 0.6) is 0 Å². The van der Waals surface area contributed by atoms with Crippen LogP contribution in [0.1, 0.15) is 0 Å². The van der Waals surface area contributed by atoms with Gasteiger partial charge in [-0.2, -0.15) is 0 Å². The predicted octanol–water partition coefficient (Wildman–Crippen LogP) is 4.71. The molecule has 0 radical (unpaired) electrons.